The van der Waals surface area contributed by atoms with E-state index in [9.17, 15) is 0 Å². The van der Waals surface area contributed by atoms with Crippen LogP contribution in [-0.4, -0.2) is 14.5 Å². The second kappa shape index (κ2) is 8.20. The highest BCUT2D eigenvalue weighted by Crippen LogP contribution is 2.38. The predicted molar refractivity (Wildman–Crippen MR) is 152 cm³/mol. The van der Waals surface area contributed by atoms with Crippen molar-refractivity contribution in [2.75, 3.05) is 0 Å². The summed E-state index contributed by atoms with van der Waals surface area (Å²) in [5, 5.41) is 7.92. The van der Waals surface area contributed by atoms with Crippen LogP contribution < -0.4 is 0 Å². The van der Waals surface area contributed by atoms with Crippen LogP contribution in [0.3, 0.4) is 0 Å². The molecule has 0 bridgehead atoms. The van der Waals surface area contributed by atoms with E-state index in [1.54, 1.807) is 0 Å². The SMILES string of the molecule is CCCCCCCCn1c2cc3c(cc2c2cc4[nH]c5ccccc5c4cc21)[nH]c1ccccc13. The minimum absolute atomic E-state index is 1.06. The molecule has 0 unspecified atom stereocenters. The summed E-state index contributed by atoms with van der Waals surface area (Å²) in [5.74, 6) is 0. The lowest BCUT2D eigenvalue weighted by Gasteiger charge is -2.08. The Morgan fingerprint density at radius 2 is 1.03 bits per heavy atom. The van der Waals surface area contributed by atoms with Crippen LogP contribution in [0.1, 0.15) is 45.4 Å². The van der Waals surface area contributed by atoms with Gasteiger partial charge in [0.15, 0.2) is 0 Å². The molecule has 0 atom stereocenters. The summed E-state index contributed by atoms with van der Waals surface area (Å²) in [5.41, 5.74) is 7.55. The van der Waals surface area contributed by atoms with Crippen molar-refractivity contribution < 1.29 is 0 Å². The topological polar surface area (TPSA) is 36.5 Å². The maximum atomic E-state index is 3.66. The molecule has 2 N–H and O–H groups in total. The van der Waals surface area contributed by atoms with Crippen LogP contribution in [0.5, 0.6) is 0 Å². The highest BCUT2D eigenvalue weighted by molar-refractivity contribution is 6.21. The van der Waals surface area contributed by atoms with Crippen LogP contribution in [0, 0.1) is 0 Å². The molecule has 0 aliphatic rings. The van der Waals surface area contributed by atoms with Gasteiger partial charge in [0.25, 0.3) is 0 Å². The largest absolute Gasteiger partial charge is 0.354 e. The second-order valence-electron chi connectivity index (χ2n) is 10.1. The van der Waals surface area contributed by atoms with E-state index in [2.05, 4.69) is 94.3 Å². The van der Waals surface area contributed by atoms with Gasteiger partial charge in [0, 0.05) is 72.0 Å². The summed E-state index contributed by atoms with van der Waals surface area (Å²) in [6.07, 6.45) is 7.87. The number of nitrogens with zero attached hydrogens (tertiary/aromatic N) is 1. The lowest BCUT2D eigenvalue weighted by molar-refractivity contribution is 0.571. The maximum Gasteiger partial charge on any atom is 0.0499 e. The Bertz CT molecular complexity index is 1720. The molecule has 174 valence electrons. The Morgan fingerprint density at radius 3 is 1.60 bits per heavy atom. The molecular formula is C32H31N3. The molecule has 3 heterocycles. The van der Waals surface area contributed by atoms with Crippen molar-refractivity contribution in [3.05, 3.63) is 72.8 Å². The fraction of sp³-hybridized carbons (Fsp3) is 0.250. The number of aromatic nitrogens is 3. The van der Waals surface area contributed by atoms with Crippen LogP contribution in [0.15, 0.2) is 72.8 Å². The van der Waals surface area contributed by atoms with E-state index in [1.807, 2.05) is 0 Å². The molecule has 0 amide bonds. The number of aromatic amines is 2. The quantitative estimate of drug-likeness (QED) is 0.224. The van der Waals surface area contributed by atoms with E-state index in [4.69, 9.17) is 0 Å². The van der Waals surface area contributed by atoms with Crippen LogP contribution in [-0.2, 0) is 6.54 Å². The number of nitrogens with one attached hydrogen (secondary N) is 2. The maximum absolute atomic E-state index is 3.66. The molecule has 0 radical (unpaired) electrons. The van der Waals surface area contributed by atoms with Gasteiger partial charge in [0.2, 0.25) is 0 Å². The van der Waals surface area contributed by atoms with E-state index in [0.29, 0.717) is 0 Å². The summed E-state index contributed by atoms with van der Waals surface area (Å²) in [6.45, 7) is 3.35. The zero-order valence-corrected chi connectivity index (χ0v) is 20.3. The first-order valence-corrected chi connectivity index (χ1v) is 13.2. The van der Waals surface area contributed by atoms with Crippen LogP contribution in [0.4, 0.5) is 0 Å². The Kier molecular flexibility index (Phi) is 4.83. The van der Waals surface area contributed by atoms with Gasteiger partial charge in [-0.25, -0.2) is 0 Å². The van der Waals surface area contributed by atoms with E-state index in [0.717, 1.165) is 6.54 Å². The molecule has 0 saturated heterocycles. The number of benzene rings is 4. The second-order valence-corrected chi connectivity index (χ2v) is 10.1. The van der Waals surface area contributed by atoms with Crippen molar-refractivity contribution in [2.45, 2.75) is 52.0 Å². The van der Waals surface area contributed by atoms with E-state index in [-0.39, 0.29) is 0 Å². The number of rotatable bonds is 7. The van der Waals surface area contributed by atoms with Gasteiger partial charge in [-0.1, -0.05) is 75.4 Å². The molecule has 0 aliphatic carbocycles. The zero-order chi connectivity index (χ0) is 23.4. The third kappa shape index (κ3) is 3.25. The number of aryl methyl sites for hydroxylation is 1. The van der Waals surface area contributed by atoms with Crippen molar-refractivity contribution in [2.24, 2.45) is 0 Å². The fourth-order valence-corrected chi connectivity index (χ4v) is 6.07. The molecule has 3 aromatic heterocycles. The minimum atomic E-state index is 1.06. The third-order valence-corrected chi connectivity index (χ3v) is 7.85. The molecule has 3 heteroatoms. The smallest absolute Gasteiger partial charge is 0.0499 e. The molecular weight excluding hydrogens is 426 g/mol. The third-order valence-electron chi connectivity index (χ3n) is 7.85. The van der Waals surface area contributed by atoms with Crippen molar-refractivity contribution in [3.63, 3.8) is 0 Å². The van der Waals surface area contributed by atoms with E-state index >= 15 is 0 Å². The first-order valence-electron chi connectivity index (χ1n) is 13.2. The number of para-hydroxylation sites is 2. The lowest BCUT2D eigenvalue weighted by atomic mass is 10.1. The molecule has 0 aliphatic heterocycles. The highest BCUT2D eigenvalue weighted by Gasteiger charge is 2.16. The van der Waals surface area contributed by atoms with Gasteiger partial charge >= 0.3 is 0 Å². The number of unbranched alkanes of at least 4 members (excludes halogenated alkanes) is 5. The van der Waals surface area contributed by atoms with Gasteiger partial charge in [-0.05, 0) is 42.8 Å². The summed E-state index contributed by atoms with van der Waals surface area (Å²) < 4.78 is 2.59. The van der Waals surface area contributed by atoms with Crippen molar-refractivity contribution >= 4 is 65.4 Å². The minimum Gasteiger partial charge on any atom is -0.354 e. The number of fused-ring (bicyclic) bond motifs is 9. The first-order chi connectivity index (χ1) is 17.3. The normalized spacial score (nSPS) is 12.4. The molecule has 3 nitrogen and oxygen atoms in total. The van der Waals surface area contributed by atoms with Crippen molar-refractivity contribution in [1.82, 2.24) is 14.5 Å². The average Bonchev–Trinajstić information content (AvgIpc) is 3.53. The lowest BCUT2D eigenvalue weighted by Crippen LogP contribution is -1.98. The molecule has 4 aromatic carbocycles. The van der Waals surface area contributed by atoms with Gasteiger partial charge < -0.3 is 14.5 Å². The summed E-state index contributed by atoms with van der Waals surface area (Å²) in [7, 11) is 0. The Labute approximate surface area is 204 Å². The average molecular weight is 458 g/mol. The van der Waals surface area contributed by atoms with Gasteiger partial charge in [-0.3, -0.25) is 0 Å². The van der Waals surface area contributed by atoms with Crippen LogP contribution in [0.2, 0.25) is 0 Å². The Hall–Kier alpha value is -3.72. The zero-order valence-electron chi connectivity index (χ0n) is 20.3. The summed E-state index contributed by atoms with van der Waals surface area (Å²) in [4.78, 5) is 7.32. The molecule has 0 saturated carbocycles. The monoisotopic (exact) mass is 457 g/mol. The first kappa shape index (κ1) is 20.6. The Morgan fingerprint density at radius 1 is 0.514 bits per heavy atom. The van der Waals surface area contributed by atoms with E-state index < -0.39 is 0 Å². The van der Waals surface area contributed by atoms with Crippen LogP contribution >= 0.6 is 0 Å². The molecule has 35 heavy (non-hydrogen) atoms. The predicted octanol–water partition coefficient (Wildman–Crippen LogP) is 9.42. The molecule has 7 aromatic rings. The van der Waals surface area contributed by atoms with Gasteiger partial charge in [0.05, 0.1) is 0 Å². The molecule has 7 rings (SSSR count). The molecule has 0 fully saturated rings. The van der Waals surface area contributed by atoms with Gasteiger partial charge in [-0.2, -0.15) is 0 Å². The van der Waals surface area contributed by atoms with E-state index in [1.165, 1.54) is 104 Å². The molecule has 0 spiro atoms. The summed E-state index contributed by atoms with van der Waals surface area (Å²) >= 11 is 0. The van der Waals surface area contributed by atoms with Gasteiger partial charge in [0.1, 0.15) is 0 Å². The van der Waals surface area contributed by atoms with Crippen LogP contribution in [0.25, 0.3) is 65.4 Å². The Balaban J connectivity index is 1.46. The standard InChI is InChI=1S/C32H31N3/c1-2-3-4-5-6-11-16-35-31-19-23-21-12-7-9-14-27(21)33-29(23)17-25(31)26-18-30-24(20-32(26)35)22-13-8-10-15-28(22)34-30/h7-10,12-15,17-20,33-34H,2-6,11,16H2,1H3. The number of H-pyrrole nitrogens is 2. The fourth-order valence-electron chi connectivity index (χ4n) is 6.07. The highest BCUT2D eigenvalue weighted by atomic mass is 15.0. The van der Waals surface area contributed by atoms with Crippen molar-refractivity contribution in [1.29, 1.82) is 0 Å². The summed E-state index contributed by atoms with van der Waals surface area (Å²) in [6, 6.07) is 26.9. The number of hydrogen-bond acceptors (Lipinski definition) is 0. The van der Waals surface area contributed by atoms with Gasteiger partial charge in [-0.15, -0.1) is 0 Å². The van der Waals surface area contributed by atoms with Crippen molar-refractivity contribution in [3.8, 4) is 0 Å². The number of hydrogen-bond donors (Lipinski definition) is 2.